The molecule has 0 aliphatic heterocycles. The number of halogens is 2. The van der Waals surface area contributed by atoms with E-state index in [1.807, 2.05) is 0 Å². The molecular weight excluding hydrogens is 287 g/mol. The van der Waals surface area contributed by atoms with E-state index < -0.39 is 23.7 Å². The largest absolute Gasteiger partial charge is 0.481 e. The number of hydrogen-bond acceptors (Lipinski definition) is 2. The number of para-hydroxylation sites is 1. The fourth-order valence-electron chi connectivity index (χ4n) is 1.51. The third kappa shape index (κ3) is 5.05. The number of rotatable bonds is 6. The Morgan fingerprint density at radius 1 is 1.45 bits per heavy atom. The number of carbonyl (C=O) groups excluding carboxylic acids is 1. The van der Waals surface area contributed by atoms with Crippen LogP contribution in [0, 0.1) is 11.7 Å². The second-order valence-corrected chi connectivity index (χ2v) is 4.77. The lowest BCUT2D eigenvalue weighted by molar-refractivity contribution is -0.141. The zero-order valence-corrected chi connectivity index (χ0v) is 11.7. The van der Waals surface area contributed by atoms with E-state index in [1.54, 1.807) is 6.92 Å². The summed E-state index contributed by atoms with van der Waals surface area (Å²) in [6.45, 7) is 1.90. The van der Waals surface area contributed by atoms with Gasteiger partial charge in [-0.3, -0.25) is 4.79 Å². The Morgan fingerprint density at radius 2 is 2.15 bits per heavy atom. The molecule has 0 aliphatic rings. The minimum absolute atomic E-state index is 0.0782. The molecule has 2 amide bonds. The molecule has 0 aromatic heterocycles. The predicted octanol–water partition coefficient (Wildman–Crippen LogP) is 3.10. The minimum atomic E-state index is -0.868. The molecule has 7 heteroatoms. The molecule has 0 saturated heterocycles. The van der Waals surface area contributed by atoms with Crippen LogP contribution in [-0.2, 0) is 4.79 Å². The fraction of sp³-hybridized carbons (Fsp3) is 0.385. The molecule has 110 valence electrons. The highest BCUT2D eigenvalue weighted by molar-refractivity contribution is 6.33. The molecular formula is C13H16ClFN2O3. The van der Waals surface area contributed by atoms with E-state index >= 15 is 0 Å². The van der Waals surface area contributed by atoms with Gasteiger partial charge in [0.2, 0.25) is 0 Å². The summed E-state index contributed by atoms with van der Waals surface area (Å²) in [7, 11) is 0. The maximum Gasteiger partial charge on any atom is 0.319 e. The second-order valence-electron chi connectivity index (χ2n) is 4.36. The number of urea groups is 1. The Balaban J connectivity index is 2.36. The number of hydrogen-bond donors (Lipinski definition) is 3. The third-order valence-corrected chi connectivity index (χ3v) is 3.04. The Hall–Kier alpha value is -1.82. The van der Waals surface area contributed by atoms with Crippen LogP contribution < -0.4 is 10.6 Å². The minimum Gasteiger partial charge on any atom is -0.481 e. The maximum absolute atomic E-state index is 13.4. The van der Waals surface area contributed by atoms with Crippen molar-refractivity contribution in [2.24, 2.45) is 5.92 Å². The first-order valence-electron chi connectivity index (χ1n) is 6.13. The summed E-state index contributed by atoms with van der Waals surface area (Å²) in [5.41, 5.74) is -0.0782. The molecule has 1 unspecified atom stereocenters. The van der Waals surface area contributed by atoms with Crippen molar-refractivity contribution in [1.29, 1.82) is 0 Å². The Bertz CT molecular complexity index is 476. The van der Waals surface area contributed by atoms with Gasteiger partial charge in [-0.25, -0.2) is 9.18 Å². The van der Waals surface area contributed by atoms with Gasteiger partial charge in [0, 0.05) is 6.54 Å². The number of nitrogens with one attached hydrogen (secondary N) is 2. The van der Waals surface area contributed by atoms with E-state index in [4.69, 9.17) is 16.7 Å². The lowest BCUT2D eigenvalue weighted by atomic mass is 10.1. The van der Waals surface area contributed by atoms with E-state index in [-0.39, 0.29) is 10.7 Å². The quantitative estimate of drug-likeness (QED) is 0.707. The van der Waals surface area contributed by atoms with Crippen LogP contribution >= 0.6 is 11.6 Å². The average Bonchev–Trinajstić information content (AvgIpc) is 2.38. The van der Waals surface area contributed by atoms with Crippen molar-refractivity contribution in [3.8, 4) is 0 Å². The number of aliphatic carboxylic acids is 1. The molecule has 3 N–H and O–H groups in total. The molecule has 0 bridgehead atoms. The Morgan fingerprint density at radius 3 is 2.75 bits per heavy atom. The van der Waals surface area contributed by atoms with Gasteiger partial charge in [0.1, 0.15) is 5.82 Å². The average molecular weight is 303 g/mol. The Kier molecular flexibility index (Phi) is 6.24. The second kappa shape index (κ2) is 7.69. The fourth-order valence-corrected chi connectivity index (χ4v) is 1.72. The van der Waals surface area contributed by atoms with Gasteiger partial charge in [-0.15, -0.1) is 0 Å². The zero-order chi connectivity index (χ0) is 15.1. The van der Waals surface area contributed by atoms with E-state index in [0.29, 0.717) is 19.4 Å². The zero-order valence-electron chi connectivity index (χ0n) is 11.0. The smallest absolute Gasteiger partial charge is 0.319 e. The summed E-state index contributed by atoms with van der Waals surface area (Å²) >= 11 is 5.76. The molecule has 0 heterocycles. The van der Waals surface area contributed by atoms with Crippen LogP contribution in [0.2, 0.25) is 5.02 Å². The standard InChI is InChI=1S/C13H16ClFN2O3/c1-8(12(18)19)4-3-7-16-13(20)17-11-9(14)5-2-6-10(11)15/h2,5-6,8H,3-4,7H2,1H3,(H,18,19)(H2,16,17,20). The molecule has 1 aromatic carbocycles. The van der Waals surface area contributed by atoms with Crippen molar-refractivity contribution in [2.45, 2.75) is 19.8 Å². The highest BCUT2D eigenvalue weighted by Gasteiger charge is 2.12. The summed E-state index contributed by atoms with van der Waals surface area (Å²) < 4.78 is 13.4. The molecule has 0 fully saturated rings. The monoisotopic (exact) mass is 302 g/mol. The van der Waals surface area contributed by atoms with Gasteiger partial charge in [-0.05, 0) is 25.0 Å². The first-order valence-corrected chi connectivity index (χ1v) is 6.51. The highest BCUT2D eigenvalue weighted by Crippen LogP contribution is 2.24. The summed E-state index contributed by atoms with van der Waals surface area (Å²) in [5.74, 6) is -1.94. The van der Waals surface area contributed by atoms with Gasteiger partial charge in [0.15, 0.2) is 0 Å². The van der Waals surface area contributed by atoms with Crippen molar-refractivity contribution in [3.63, 3.8) is 0 Å². The van der Waals surface area contributed by atoms with Crippen LogP contribution in [0.15, 0.2) is 18.2 Å². The summed E-state index contributed by atoms with van der Waals surface area (Å²) in [6, 6.07) is 3.51. The predicted molar refractivity (Wildman–Crippen MR) is 74.5 cm³/mol. The molecule has 1 atom stereocenters. The molecule has 1 aromatic rings. The number of carbonyl (C=O) groups is 2. The van der Waals surface area contributed by atoms with Crippen molar-refractivity contribution in [2.75, 3.05) is 11.9 Å². The van der Waals surface area contributed by atoms with Gasteiger partial charge < -0.3 is 15.7 Å². The van der Waals surface area contributed by atoms with Crippen molar-refractivity contribution >= 4 is 29.3 Å². The third-order valence-electron chi connectivity index (χ3n) is 2.72. The summed E-state index contributed by atoms with van der Waals surface area (Å²) in [6.07, 6.45) is 0.974. The van der Waals surface area contributed by atoms with Gasteiger partial charge >= 0.3 is 12.0 Å². The highest BCUT2D eigenvalue weighted by atomic mass is 35.5. The Labute approximate surface area is 121 Å². The van der Waals surface area contributed by atoms with Gasteiger partial charge in [0.05, 0.1) is 16.6 Å². The number of benzene rings is 1. The normalized spacial score (nSPS) is 11.8. The maximum atomic E-state index is 13.4. The van der Waals surface area contributed by atoms with Crippen LogP contribution in [0.4, 0.5) is 14.9 Å². The van der Waals surface area contributed by atoms with Crippen LogP contribution in [0.5, 0.6) is 0 Å². The number of carboxylic acids is 1. The van der Waals surface area contributed by atoms with Crippen LogP contribution in [0.1, 0.15) is 19.8 Å². The first kappa shape index (κ1) is 16.2. The van der Waals surface area contributed by atoms with Crippen molar-refractivity contribution < 1.29 is 19.1 Å². The molecule has 0 aliphatic carbocycles. The van der Waals surface area contributed by atoms with E-state index in [2.05, 4.69) is 10.6 Å². The van der Waals surface area contributed by atoms with Gasteiger partial charge in [-0.1, -0.05) is 24.6 Å². The SMILES string of the molecule is CC(CCCNC(=O)Nc1c(F)cccc1Cl)C(=O)O. The number of amides is 2. The van der Waals surface area contributed by atoms with E-state index in [9.17, 15) is 14.0 Å². The van der Waals surface area contributed by atoms with Crippen LogP contribution in [0.25, 0.3) is 0 Å². The summed E-state index contributed by atoms with van der Waals surface area (Å²) in [5, 5.41) is 13.6. The lowest BCUT2D eigenvalue weighted by Crippen LogP contribution is -2.30. The van der Waals surface area contributed by atoms with E-state index in [0.717, 1.165) is 0 Å². The first-order chi connectivity index (χ1) is 9.41. The van der Waals surface area contributed by atoms with E-state index in [1.165, 1.54) is 18.2 Å². The number of anilines is 1. The number of carboxylic acid groups (broad SMARTS) is 1. The molecule has 5 nitrogen and oxygen atoms in total. The molecule has 0 saturated carbocycles. The molecule has 0 radical (unpaired) electrons. The molecule has 20 heavy (non-hydrogen) atoms. The molecule has 0 spiro atoms. The summed E-state index contributed by atoms with van der Waals surface area (Å²) in [4.78, 5) is 22.1. The van der Waals surface area contributed by atoms with Gasteiger partial charge in [0.25, 0.3) is 0 Å². The van der Waals surface area contributed by atoms with Crippen LogP contribution in [-0.4, -0.2) is 23.7 Å². The lowest BCUT2D eigenvalue weighted by Gasteiger charge is -2.10. The van der Waals surface area contributed by atoms with Gasteiger partial charge in [-0.2, -0.15) is 0 Å². The van der Waals surface area contributed by atoms with Crippen molar-refractivity contribution in [3.05, 3.63) is 29.0 Å². The van der Waals surface area contributed by atoms with Crippen LogP contribution in [0.3, 0.4) is 0 Å². The molecule has 1 rings (SSSR count). The topological polar surface area (TPSA) is 78.4 Å². The van der Waals surface area contributed by atoms with Crippen molar-refractivity contribution in [1.82, 2.24) is 5.32 Å².